The Kier molecular flexibility index (Phi) is 5.54. The maximum Gasteiger partial charge on any atom is 0.516 e. The minimum Gasteiger partial charge on any atom is -0.300 e. The zero-order chi connectivity index (χ0) is 10.5. The summed E-state index contributed by atoms with van der Waals surface area (Å²) in [6.45, 7) is -1.33. The van der Waals surface area contributed by atoms with Crippen LogP contribution in [0.4, 0.5) is 13.2 Å². The van der Waals surface area contributed by atoms with E-state index >= 15 is 0 Å². The van der Waals surface area contributed by atoms with Gasteiger partial charge in [-0.1, -0.05) is 0 Å². The minimum atomic E-state index is -4.65. The molecule has 1 atom stereocenters. The first kappa shape index (κ1) is 12.9. The van der Waals surface area contributed by atoms with Crippen molar-refractivity contribution < 1.29 is 36.3 Å². The third-order valence-corrected chi connectivity index (χ3v) is 1.62. The van der Waals surface area contributed by atoms with E-state index in [0.717, 1.165) is 0 Å². The van der Waals surface area contributed by atoms with E-state index in [1.165, 1.54) is 0 Å². The van der Waals surface area contributed by atoms with E-state index in [0.29, 0.717) is 0 Å². The zero-order valence-electron chi connectivity index (χ0n) is 5.75. The van der Waals surface area contributed by atoms with Gasteiger partial charge in [0, 0.05) is 0 Å². The summed E-state index contributed by atoms with van der Waals surface area (Å²) in [5, 5.41) is 0. The van der Waals surface area contributed by atoms with E-state index < -0.39 is 26.3 Å². The Morgan fingerprint density at radius 2 is 2.00 bits per heavy atom. The number of hydrogen-bond acceptors (Lipinski definition) is 4. The molecule has 0 heterocycles. The van der Waals surface area contributed by atoms with Crippen molar-refractivity contribution in [2.24, 2.45) is 0 Å². The smallest absolute Gasteiger partial charge is 0.300 e. The van der Waals surface area contributed by atoms with Gasteiger partial charge in [0.2, 0.25) is 0 Å². The topological polar surface area (TPSA) is 65.0 Å². The first-order valence-electron chi connectivity index (χ1n) is 2.53. The Bertz CT molecular complexity index is 241. The first-order valence-corrected chi connectivity index (χ1v) is 4.33. The van der Waals surface area contributed by atoms with Gasteiger partial charge in [-0.15, -0.1) is 4.67 Å². The van der Waals surface area contributed by atoms with Crippen LogP contribution in [0.1, 0.15) is 0 Å². The molecule has 10 heteroatoms. The van der Waals surface area contributed by atoms with E-state index in [-0.39, 0.29) is 0 Å². The highest BCUT2D eigenvalue weighted by atomic mass is 35.5. The van der Waals surface area contributed by atoms with Crippen LogP contribution in [0.25, 0.3) is 0 Å². The fourth-order valence-corrected chi connectivity index (χ4v) is 0.489. The number of hydrogen-bond donors (Lipinski definition) is 1. The molecule has 5 nitrogen and oxygen atoms in total. The van der Waals surface area contributed by atoms with Crippen LogP contribution in [0.3, 0.4) is 0 Å². The van der Waals surface area contributed by atoms with Gasteiger partial charge in [0.25, 0.3) is 0 Å². The van der Waals surface area contributed by atoms with Crippen molar-refractivity contribution in [3.63, 3.8) is 0 Å². The highest BCUT2D eigenvalue weighted by Gasteiger charge is 2.22. The normalized spacial score (nSPS) is 15.2. The summed E-state index contributed by atoms with van der Waals surface area (Å²) >= 11 is 4.40. The Morgan fingerprint density at radius 1 is 1.46 bits per heavy atom. The van der Waals surface area contributed by atoms with Crippen LogP contribution in [-0.2, 0) is 18.2 Å². The molecule has 0 aliphatic carbocycles. The van der Waals surface area contributed by atoms with Crippen LogP contribution in [0, 0.1) is 0 Å². The van der Waals surface area contributed by atoms with Crippen molar-refractivity contribution in [3.8, 4) is 0 Å². The third kappa shape index (κ3) is 6.03. The molecule has 78 valence electrons. The molecule has 0 saturated carbocycles. The lowest BCUT2D eigenvalue weighted by molar-refractivity contribution is -0.215. The first-order chi connectivity index (χ1) is 5.89. The van der Waals surface area contributed by atoms with Crippen LogP contribution in [0.5, 0.6) is 0 Å². The summed E-state index contributed by atoms with van der Waals surface area (Å²) in [5.74, 6) is -1.94. The molecule has 0 fully saturated rings. The molecule has 0 aromatic rings. The fourth-order valence-electron chi connectivity index (χ4n) is 0.211. The Labute approximate surface area is 75.4 Å². The largest absolute Gasteiger partial charge is 0.516 e. The van der Waals surface area contributed by atoms with Crippen LogP contribution in [0.15, 0.2) is 11.9 Å². The summed E-state index contributed by atoms with van der Waals surface area (Å²) in [4.78, 5) is 11.9. The predicted octanol–water partition coefficient (Wildman–Crippen LogP) is 2.28. The molecular formula is C3H3ClF3O5P. The van der Waals surface area contributed by atoms with Gasteiger partial charge < -0.3 is 4.89 Å². The SMILES string of the molecule is O=P(O)(OCl)OOCC(F)=C(F)F. The maximum absolute atomic E-state index is 11.9. The molecule has 0 radical (unpaired) electrons. The summed E-state index contributed by atoms with van der Waals surface area (Å²) < 4.78 is 51.5. The lowest BCUT2D eigenvalue weighted by Crippen LogP contribution is -1.96. The van der Waals surface area contributed by atoms with E-state index in [1.54, 1.807) is 0 Å². The molecule has 1 unspecified atom stereocenters. The second kappa shape index (κ2) is 5.58. The number of halogens is 4. The average molecular weight is 242 g/mol. The zero-order valence-corrected chi connectivity index (χ0v) is 7.40. The van der Waals surface area contributed by atoms with Crippen molar-refractivity contribution in [2.45, 2.75) is 0 Å². The highest BCUT2D eigenvalue weighted by Crippen LogP contribution is 2.44. The molecule has 0 aliphatic heterocycles. The molecule has 0 aromatic carbocycles. The summed E-state index contributed by atoms with van der Waals surface area (Å²) in [5.41, 5.74) is 0. The summed E-state index contributed by atoms with van der Waals surface area (Å²) in [7, 11) is -4.65. The molecule has 0 amide bonds. The van der Waals surface area contributed by atoms with Gasteiger partial charge in [0.1, 0.15) is 6.61 Å². The molecule has 0 aromatic heterocycles. The summed E-state index contributed by atoms with van der Waals surface area (Å²) in [6, 6.07) is 0. The van der Waals surface area contributed by atoms with Crippen molar-refractivity contribution in [2.75, 3.05) is 6.61 Å². The molecule has 0 aliphatic rings. The van der Waals surface area contributed by atoms with Crippen LogP contribution in [-0.4, -0.2) is 11.5 Å². The van der Waals surface area contributed by atoms with E-state index in [2.05, 4.69) is 25.5 Å². The summed E-state index contributed by atoms with van der Waals surface area (Å²) in [6.07, 6.45) is -2.62. The Hall–Kier alpha value is -0.110. The molecule has 13 heavy (non-hydrogen) atoms. The predicted molar refractivity (Wildman–Crippen MR) is 34.2 cm³/mol. The average Bonchev–Trinajstić information content (AvgIpc) is 2.04. The van der Waals surface area contributed by atoms with Crippen LogP contribution in [0.2, 0.25) is 0 Å². The van der Waals surface area contributed by atoms with Gasteiger partial charge in [-0.3, -0.25) is 0 Å². The van der Waals surface area contributed by atoms with Gasteiger partial charge in [0.05, 0.1) is 11.9 Å². The second-order valence-electron chi connectivity index (χ2n) is 1.54. The Balaban J connectivity index is 3.82. The van der Waals surface area contributed by atoms with Crippen LogP contribution >= 0.6 is 19.7 Å². The van der Waals surface area contributed by atoms with Gasteiger partial charge >= 0.3 is 13.9 Å². The fraction of sp³-hybridized carbons (Fsp3) is 0.333. The third-order valence-electron chi connectivity index (χ3n) is 0.625. The molecule has 0 bridgehead atoms. The van der Waals surface area contributed by atoms with Crippen molar-refractivity contribution in [1.29, 1.82) is 0 Å². The standard InChI is InChI=1S/C3H3ClF3O5P/c4-11-13(8,9)12-10-1-2(5)3(6)7/h1H2,(H,8,9). The van der Waals surface area contributed by atoms with E-state index in [9.17, 15) is 17.7 Å². The molecule has 1 N–H and O–H groups in total. The lowest BCUT2D eigenvalue weighted by atomic mass is 10.6. The second-order valence-corrected chi connectivity index (χ2v) is 3.18. The van der Waals surface area contributed by atoms with E-state index in [1.807, 2.05) is 0 Å². The lowest BCUT2D eigenvalue weighted by Gasteiger charge is -2.04. The monoisotopic (exact) mass is 242 g/mol. The molecule has 0 saturated heterocycles. The quantitative estimate of drug-likeness (QED) is 0.455. The van der Waals surface area contributed by atoms with Crippen LogP contribution < -0.4 is 0 Å². The molecule has 0 rings (SSSR count). The minimum absolute atomic E-state index is 1.33. The number of phosphoric acid groups is 1. The van der Waals surface area contributed by atoms with E-state index in [4.69, 9.17) is 4.89 Å². The van der Waals surface area contributed by atoms with Crippen molar-refractivity contribution >= 4 is 19.7 Å². The van der Waals surface area contributed by atoms with Crippen molar-refractivity contribution in [1.82, 2.24) is 0 Å². The Morgan fingerprint density at radius 3 is 2.38 bits per heavy atom. The van der Waals surface area contributed by atoms with Gasteiger partial charge in [0.15, 0.2) is 5.83 Å². The maximum atomic E-state index is 11.9. The molecule has 0 spiro atoms. The van der Waals surface area contributed by atoms with Gasteiger partial charge in [-0.2, -0.15) is 12.9 Å². The highest BCUT2D eigenvalue weighted by molar-refractivity contribution is 7.48. The van der Waals surface area contributed by atoms with Crippen molar-refractivity contribution in [3.05, 3.63) is 11.9 Å². The molecular weight excluding hydrogens is 239 g/mol. The van der Waals surface area contributed by atoms with Gasteiger partial charge in [-0.05, 0) is 0 Å². The van der Waals surface area contributed by atoms with Gasteiger partial charge in [-0.25, -0.2) is 13.8 Å². The number of rotatable bonds is 5.